The fourth-order valence-electron chi connectivity index (χ4n) is 6.48. The van der Waals surface area contributed by atoms with Gasteiger partial charge in [-0.25, -0.2) is 9.78 Å². The van der Waals surface area contributed by atoms with Crippen molar-refractivity contribution in [3.63, 3.8) is 0 Å². The number of benzene rings is 1. The smallest absolute Gasteiger partial charge is 0.407 e. The molecule has 8 nitrogen and oxygen atoms in total. The molecule has 1 spiro atoms. The van der Waals surface area contributed by atoms with E-state index in [-0.39, 0.29) is 16.9 Å². The van der Waals surface area contributed by atoms with Crippen molar-refractivity contribution in [2.24, 2.45) is 16.6 Å². The molecule has 0 radical (unpaired) electrons. The standard InChI is InChI=1S/C25H31N5O3/c1-24(2,3)22-25(10-13-30(22)23(32)33)8-11-29(12-9-25)21-18-15-6-4-5-7-17(15)28-19(18)16(14-27-21)20(26)31/h4-7,14,22,28H,8-13H2,1-3H3,(H2,26,31)(H,32,33). The molecule has 33 heavy (non-hydrogen) atoms. The maximum atomic E-state index is 12.1. The fourth-order valence-corrected chi connectivity index (χ4v) is 6.48. The van der Waals surface area contributed by atoms with Crippen molar-refractivity contribution in [2.45, 2.75) is 46.1 Å². The number of aromatic amines is 1. The minimum Gasteiger partial charge on any atom is -0.465 e. The van der Waals surface area contributed by atoms with E-state index in [1.54, 1.807) is 11.1 Å². The SMILES string of the molecule is CC(C)(C)C1N(C(=O)O)CCC12CCN(c1ncc(C(N)=O)c3[nH]c4ccccc4c13)CC2. The number of nitrogens with two attached hydrogens (primary N) is 1. The molecule has 4 heterocycles. The average Bonchev–Trinajstić information content (AvgIpc) is 3.33. The van der Waals surface area contributed by atoms with Crippen LogP contribution in [-0.4, -0.2) is 57.7 Å². The van der Waals surface area contributed by atoms with Crippen LogP contribution in [0.25, 0.3) is 21.8 Å². The van der Waals surface area contributed by atoms with Crippen LogP contribution in [0.1, 0.15) is 50.4 Å². The molecule has 2 aliphatic rings. The zero-order chi connectivity index (χ0) is 23.5. The van der Waals surface area contributed by atoms with Crippen LogP contribution in [0, 0.1) is 10.8 Å². The van der Waals surface area contributed by atoms with Gasteiger partial charge in [0.15, 0.2) is 0 Å². The van der Waals surface area contributed by atoms with Gasteiger partial charge in [0.2, 0.25) is 0 Å². The molecule has 2 amide bonds. The molecule has 1 aromatic carbocycles. The van der Waals surface area contributed by atoms with Crippen LogP contribution >= 0.6 is 0 Å². The molecule has 0 bridgehead atoms. The van der Waals surface area contributed by atoms with Crippen LogP contribution in [0.3, 0.4) is 0 Å². The Hall–Kier alpha value is -3.29. The summed E-state index contributed by atoms with van der Waals surface area (Å²) < 4.78 is 0. The highest BCUT2D eigenvalue weighted by Crippen LogP contribution is 2.52. The Morgan fingerprint density at radius 3 is 2.45 bits per heavy atom. The molecular formula is C25H31N5O3. The molecule has 2 saturated heterocycles. The normalized spacial score (nSPS) is 20.8. The summed E-state index contributed by atoms with van der Waals surface area (Å²) in [5.74, 6) is 0.346. The molecule has 4 N–H and O–H groups in total. The number of carbonyl (C=O) groups excluding carboxylic acids is 1. The predicted octanol–water partition coefficient (Wildman–Crippen LogP) is 4.20. The summed E-state index contributed by atoms with van der Waals surface area (Å²) in [6.45, 7) is 8.61. The number of hydrogen-bond donors (Lipinski definition) is 3. The van der Waals surface area contributed by atoms with Crippen molar-refractivity contribution in [1.82, 2.24) is 14.9 Å². The monoisotopic (exact) mass is 449 g/mol. The van der Waals surface area contributed by atoms with Gasteiger partial charge in [-0.15, -0.1) is 0 Å². The number of fused-ring (bicyclic) bond motifs is 3. The maximum Gasteiger partial charge on any atom is 0.407 e. The Morgan fingerprint density at radius 1 is 1.15 bits per heavy atom. The number of carboxylic acid groups (broad SMARTS) is 1. The number of para-hydroxylation sites is 1. The van der Waals surface area contributed by atoms with Crippen LogP contribution in [0.2, 0.25) is 0 Å². The number of primary amides is 1. The van der Waals surface area contributed by atoms with Gasteiger partial charge in [0.25, 0.3) is 5.91 Å². The van der Waals surface area contributed by atoms with Crippen molar-refractivity contribution in [2.75, 3.05) is 24.5 Å². The van der Waals surface area contributed by atoms with Gasteiger partial charge in [-0.05, 0) is 36.2 Å². The predicted molar refractivity (Wildman–Crippen MR) is 129 cm³/mol. The summed E-state index contributed by atoms with van der Waals surface area (Å²) in [4.78, 5) is 36.0. The maximum absolute atomic E-state index is 12.1. The Kier molecular flexibility index (Phi) is 4.81. The van der Waals surface area contributed by atoms with Crippen LogP contribution in [-0.2, 0) is 0 Å². The topological polar surface area (TPSA) is 116 Å². The summed E-state index contributed by atoms with van der Waals surface area (Å²) >= 11 is 0. The number of piperidine rings is 1. The molecule has 2 aromatic heterocycles. The number of nitrogens with zero attached hydrogens (tertiary/aromatic N) is 3. The van der Waals surface area contributed by atoms with Gasteiger partial charge in [-0.3, -0.25) is 4.79 Å². The number of carbonyl (C=O) groups is 2. The summed E-state index contributed by atoms with van der Waals surface area (Å²) in [5, 5.41) is 11.8. The van der Waals surface area contributed by atoms with Crippen molar-refractivity contribution in [1.29, 1.82) is 0 Å². The van der Waals surface area contributed by atoms with Crippen molar-refractivity contribution in [3.8, 4) is 0 Å². The third-order valence-corrected chi connectivity index (χ3v) is 7.65. The van der Waals surface area contributed by atoms with E-state index in [0.717, 1.165) is 60.0 Å². The number of nitrogens with one attached hydrogen (secondary N) is 1. The Balaban J connectivity index is 1.52. The number of aromatic nitrogens is 2. The molecule has 8 heteroatoms. The van der Waals surface area contributed by atoms with Crippen LogP contribution in [0.4, 0.5) is 10.6 Å². The summed E-state index contributed by atoms with van der Waals surface area (Å²) in [5.41, 5.74) is 7.53. The first-order valence-electron chi connectivity index (χ1n) is 11.6. The summed E-state index contributed by atoms with van der Waals surface area (Å²) in [6, 6.07) is 7.95. The molecule has 1 atom stereocenters. The van der Waals surface area contributed by atoms with E-state index < -0.39 is 12.0 Å². The van der Waals surface area contributed by atoms with Gasteiger partial charge >= 0.3 is 6.09 Å². The highest BCUT2D eigenvalue weighted by atomic mass is 16.4. The molecule has 2 aliphatic heterocycles. The molecule has 0 saturated carbocycles. The highest BCUT2D eigenvalue weighted by Gasteiger charge is 2.54. The number of H-pyrrole nitrogens is 1. The molecular weight excluding hydrogens is 418 g/mol. The van der Waals surface area contributed by atoms with E-state index in [0.29, 0.717) is 12.1 Å². The zero-order valence-corrected chi connectivity index (χ0v) is 19.4. The number of rotatable bonds is 2. The molecule has 3 aromatic rings. The first-order valence-corrected chi connectivity index (χ1v) is 11.6. The number of likely N-dealkylation sites (tertiary alicyclic amines) is 1. The lowest BCUT2D eigenvalue weighted by Gasteiger charge is -2.49. The molecule has 2 fully saturated rings. The van der Waals surface area contributed by atoms with Gasteiger partial charge in [0.05, 0.1) is 16.5 Å². The number of anilines is 1. The lowest BCUT2D eigenvalue weighted by Crippen LogP contribution is -2.54. The van der Waals surface area contributed by atoms with Crippen molar-refractivity contribution in [3.05, 3.63) is 36.0 Å². The summed E-state index contributed by atoms with van der Waals surface area (Å²) in [6.07, 6.45) is 3.45. The lowest BCUT2D eigenvalue weighted by atomic mass is 9.64. The largest absolute Gasteiger partial charge is 0.465 e. The third kappa shape index (κ3) is 3.31. The molecule has 0 aliphatic carbocycles. The number of amides is 2. The van der Waals surface area contributed by atoms with E-state index in [1.807, 2.05) is 24.3 Å². The fraction of sp³-hybridized carbons (Fsp3) is 0.480. The second-order valence-electron chi connectivity index (χ2n) is 10.6. The second kappa shape index (κ2) is 7.37. The lowest BCUT2D eigenvalue weighted by molar-refractivity contribution is 0.0388. The van der Waals surface area contributed by atoms with E-state index in [1.165, 1.54) is 0 Å². The molecule has 5 rings (SSSR count). The quantitative estimate of drug-likeness (QED) is 0.542. The number of pyridine rings is 1. The molecule has 1 unspecified atom stereocenters. The zero-order valence-electron chi connectivity index (χ0n) is 19.4. The first kappa shape index (κ1) is 21.6. The second-order valence-corrected chi connectivity index (χ2v) is 10.6. The first-order chi connectivity index (χ1) is 15.6. The minimum atomic E-state index is -0.821. The van der Waals surface area contributed by atoms with Crippen LogP contribution in [0.5, 0.6) is 0 Å². The van der Waals surface area contributed by atoms with Crippen LogP contribution < -0.4 is 10.6 Å². The van der Waals surface area contributed by atoms with Crippen LogP contribution in [0.15, 0.2) is 30.5 Å². The number of hydrogen-bond acceptors (Lipinski definition) is 4. The van der Waals surface area contributed by atoms with E-state index >= 15 is 0 Å². The Morgan fingerprint density at radius 2 is 1.82 bits per heavy atom. The summed E-state index contributed by atoms with van der Waals surface area (Å²) in [7, 11) is 0. The van der Waals surface area contributed by atoms with Gasteiger partial charge in [0, 0.05) is 42.8 Å². The van der Waals surface area contributed by atoms with Gasteiger partial charge in [-0.2, -0.15) is 0 Å². The van der Waals surface area contributed by atoms with E-state index in [9.17, 15) is 14.7 Å². The van der Waals surface area contributed by atoms with E-state index in [2.05, 4.69) is 30.7 Å². The Labute approximate surface area is 192 Å². The Bertz CT molecular complexity index is 1250. The average molecular weight is 450 g/mol. The van der Waals surface area contributed by atoms with Crippen molar-refractivity contribution < 1.29 is 14.7 Å². The molecule has 174 valence electrons. The van der Waals surface area contributed by atoms with Gasteiger partial charge in [-0.1, -0.05) is 39.0 Å². The van der Waals surface area contributed by atoms with Gasteiger partial charge < -0.3 is 25.6 Å². The minimum absolute atomic E-state index is 0.0112. The highest BCUT2D eigenvalue weighted by molar-refractivity contribution is 6.18. The van der Waals surface area contributed by atoms with Crippen molar-refractivity contribution >= 4 is 39.6 Å². The third-order valence-electron chi connectivity index (χ3n) is 7.65. The van der Waals surface area contributed by atoms with Gasteiger partial charge in [0.1, 0.15) is 5.82 Å². The van der Waals surface area contributed by atoms with E-state index in [4.69, 9.17) is 10.7 Å².